The molecule has 2 atom stereocenters. The first kappa shape index (κ1) is 21.9. The van der Waals surface area contributed by atoms with E-state index in [0.29, 0.717) is 48.5 Å². The second-order valence-electron chi connectivity index (χ2n) is 9.13. The molecule has 3 aliphatic heterocycles. The number of imidazole rings is 1. The van der Waals surface area contributed by atoms with Gasteiger partial charge in [0.05, 0.1) is 17.1 Å². The molecule has 32 heavy (non-hydrogen) atoms. The van der Waals surface area contributed by atoms with Crippen LogP contribution in [0, 0.1) is 11.2 Å². The maximum atomic E-state index is 13.5. The summed E-state index contributed by atoms with van der Waals surface area (Å²) in [4.78, 5) is 24.3. The third-order valence-electron chi connectivity index (χ3n) is 7.19. The lowest BCUT2D eigenvalue weighted by Gasteiger charge is -2.56. The van der Waals surface area contributed by atoms with Crippen molar-refractivity contribution in [3.63, 3.8) is 0 Å². The maximum absolute atomic E-state index is 13.5. The Kier molecular flexibility index (Phi) is 5.37. The molecule has 2 aromatic rings. The van der Waals surface area contributed by atoms with Crippen molar-refractivity contribution < 1.29 is 22.4 Å². The summed E-state index contributed by atoms with van der Waals surface area (Å²) in [6.45, 7) is 2.95. The van der Waals surface area contributed by atoms with Gasteiger partial charge in [-0.1, -0.05) is 18.0 Å². The number of aromatic amines is 1. The van der Waals surface area contributed by atoms with Crippen LogP contribution in [-0.4, -0.2) is 70.1 Å². The summed E-state index contributed by atoms with van der Waals surface area (Å²) in [6.07, 6.45) is -3.26. The Morgan fingerprint density at radius 2 is 2.00 bits per heavy atom. The van der Waals surface area contributed by atoms with Crippen molar-refractivity contribution in [1.82, 2.24) is 25.1 Å². The van der Waals surface area contributed by atoms with Gasteiger partial charge in [-0.25, -0.2) is 9.37 Å². The summed E-state index contributed by atoms with van der Waals surface area (Å²) in [6, 6.07) is 3.21. The largest absolute Gasteiger partial charge is 0.403 e. The third-order valence-corrected chi connectivity index (χ3v) is 7.48. The van der Waals surface area contributed by atoms with Crippen molar-refractivity contribution in [2.75, 3.05) is 26.2 Å². The highest BCUT2D eigenvalue weighted by molar-refractivity contribution is 6.34. The summed E-state index contributed by atoms with van der Waals surface area (Å²) < 4.78 is 53.4. The number of piperidine rings is 1. The molecule has 1 saturated carbocycles. The predicted octanol–water partition coefficient (Wildman–Crippen LogP) is 3.46. The van der Waals surface area contributed by atoms with Gasteiger partial charge in [0.2, 0.25) is 5.91 Å². The molecule has 1 aliphatic carbocycles. The van der Waals surface area contributed by atoms with Crippen molar-refractivity contribution in [2.24, 2.45) is 5.41 Å². The third kappa shape index (κ3) is 3.66. The Labute approximate surface area is 187 Å². The molecule has 11 heteroatoms. The topological polar surface area (TPSA) is 64.3 Å². The molecule has 4 aliphatic rings. The van der Waals surface area contributed by atoms with Crippen molar-refractivity contribution in [2.45, 2.75) is 50.5 Å². The zero-order valence-electron chi connectivity index (χ0n) is 17.3. The monoisotopic (exact) mass is 473 g/mol. The van der Waals surface area contributed by atoms with Gasteiger partial charge in [-0.2, -0.15) is 13.2 Å². The molecule has 6 nitrogen and oxygen atoms in total. The van der Waals surface area contributed by atoms with E-state index in [-0.39, 0.29) is 24.4 Å². The fourth-order valence-electron chi connectivity index (χ4n) is 5.29. The van der Waals surface area contributed by atoms with Gasteiger partial charge in [0.1, 0.15) is 22.6 Å². The fourth-order valence-corrected chi connectivity index (χ4v) is 5.53. The zero-order valence-corrected chi connectivity index (χ0v) is 18.1. The Morgan fingerprint density at radius 3 is 2.62 bits per heavy atom. The summed E-state index contributed by atoms with van der Waals surface area (Å²) in [5.74, 6) is -0.591. The van der Waals surface area contributed by atoms with Crippen molar-refractivity contribution >= 4 is 28.5 Å². The highest BCUT2D eigenvalue weighted by atomic mass is 35.5. The van der Waals surface area contributed by atoms with E-state index < -0.39 is 23.3 Å². The molecule has 2 unspecified atom stereocenters. The number of fused-ring (bicyclic) bond motifs is 3. The lowest BCUT2D eigenvalue weighted by Crippen LogP contribution is -2.69. The number of halogens is 5. The number of nitrogens with zero attached hydrogens (tertiary/aromatic N) is 3. The number of aromatic nitrogens is 2. The fraction of sp³-hybridized carbons (Fsp3) is 0.619. The number of H-pyrrole nitrogens is 1. The maximum Gasteiger partial charge on any atom is 0.403 e. The van der Waals surface area contributed by atoms with Gasteiger partial charge in [-0.05, 0) is 31.4 Å². The smallest absolute Gasteiger partial charge is 0.354 e. The first-order valence-corrected chi connectivity index (χ1v) is 11.2. The van der Waals surface area contributed by atoms with Gasteiger partial charge in [-0.15, -0.1) is 0 Å². The highest BCUT2D eigenvalue weighted by Gasteiger charge is 2.63. The van der Waals surface area contributed by atoms with Crippen LogP contribution in [0.15, 0.2) is 12.1 Å². The van der Waals surface area contributed by atoms with E-state index in [1.54, 1.807) is 0 Å². The highest BCUT2D eigenvalue weighted by Crippen LogP contribution is 2.53. The average molecular weight is 474 g/mol. The Morgan fingerprint density at radius 1 is 1.28 bits per heavy atom. The lowest BCUT2D eigenvalue weighted by atomic mass is 9.67. The van der Waals surface area contributed by atoms with Gasteiger partial charge in [-0.3, -0.25) is 14.6 Å². The molecule has 2 N–H and O–H groups in total. The number of amides is 1. The van der Waals surface area contributed by atoms with Crippen LogP contribution in [0.5, 0.6) is 0 Å². The van der Waals surface area contributed by atoms with E-state index in [0.717, 1.165) is 19.5 Å². The van der Waals surface area contributed by atoms with E-state index in [2.05, 4.69) is 25.1 Å². The summed E-state index contributed by atoms with van der Waals surface area (Å²) >= 11 is 6.07. The van der Waals surface area contributed by atoms with Crippen molar-refractivity contribution in [3.8, 4) is 0 Å². The first-order chi connectivity index (χ1) is 15.2. The minimum atomic E-state index is -4.49. The van der Waals surface area contributed by atoms with Crippen LogP contribution in [0.3, 0.4) is 0 Å². The van der Waals surface area contributed by atoms with Crippen LogP contribution in [0.2, 0.25) is 5.02 Å². The summed E-state index contributed by atoms with van der Waals surface area (Å²) in [5.41, 5.74) is -1.08. The molecular weight excluding hydrogens is 450 g/mol. The van der Waals surface area contributed by atoms with Crippen LogP contribution < -0.4 is 5.32 Å². The second-order valence-corrected chi connectivity index (χ2v) is 9.54. The van der Waals surface area contributed by atoms with Crippen LogP contribution in [0.25, 0.3) is 11.0 Å². The minimum Gasteiger partial charge on any atom is -0.354 e. The number of hydrogen-bond acceptors (Lipinski definition) is 4. The van der Waals surface area contributed by atoms with Crippen LogP contribution in [0.1, 0.15) is 31.5 Å². The number of benzene rings is 1. The van der Waals surface area contributed by atoms with E-state index >= 15 is 0 Å². The molecular formula is C21H24ClF4N5O. The number of nitrogens with one attached hydrogen (secondary N) is 2. The SMILES string of the molecule is O=C(NCCN1C2CC1CN(Cc1nc3c(Cl)cc(F)cc3[nH]1)C2)C1(C(F)(F)F)CCC1. The first-order valence-electron chi connectivity index (χ1n) is 10.8. The van der Waals surface area contributed by atoms with Gasteiger partial charge >= 0.3 is 6.18 Å². The van der Waals surface area contributed by atoms with Gasteiger partial charge in [0.25, 0.3) is 0 Å². The number of rotatable bonds is 6. The lowest BCUT2D eigenvalue weighted by molar-refractivity contribution is -0.243. The van der Waals surface area contributed by atoms with Crippen molar-refractivity contribution in [3.05, 3.63) is 28.8 Å². The minimum absolute atomic E-state index is 0.119. The number of carbonyl (C=O) groups excluding carboxylic acids is 1. The van der Waals surface area contributed by atoms with Crippen LogP contribution in [0.4, 0.5) is 17.6 Å². The van der Waals surface area contributed by atoms with E-state index in [1.165, 1.54) is 12.1 Å². The molecule has 1 amide bonds. The van der Waals surface area contributed by atoms with E-state index in [4.69, 9.17) is 11.6 Å². The molecule has 1 aromatic heterocycles. The molecule has 1 aromatic carbocycles. The standard InChI is InChI=1S/C21H24ClF4N5O/c22-15-6-12(23)7-16-18(15)29-17(28-16)11-30-9-13-8-14(10-30)31(13)5-4-27-19(32)20(2-1-3-20)21(24,25)26/h6-7,13-14H,1-5,8-11H2,(H,27,32)(H,28,29). The molecule has 4 fully saturated rings. The zero-order chi connectivity index (χ0) is 22.7. The van der Waals surface area contributed by atoms with Gasteiger partial charge < -0.3 is 10.3 Å². The molecule has 6 rings (SSSR count). The number of carbonyl (C=O) groups is 1. The van der Waals surface area contributed by atoms with E-state index in [1.807, 2.05) is 0 Å². The molecule has 0 radical (unpaired) electrons. The molecule has 3 saturated heterocycles. The molecule has 2 bridgehead atoms. The molecule has 174 valence electrons. The normalized spacial score (nSPS) is 25.4. The summed E-state index contributed by atoms with van der Waals surface area (Å²) in [5, 5.41) is 2.79. The van der Waals surface area contributed by atoms with Crippen molar-refractivity contribution in [1.29, 1.82) is 0 Å². The Balaban J connectivity index is 1.12. The number of alkyl halides is 3. The number of hydrogen-bond donors (Lipinski definition) is 2. The van der Waals surface area contributed by atoms with Gasteiger partial charge in [0.15, 0.2) is 0 Å². The van der Waals surface area contributed by atoms with Crippen LogP contribution >= 0.6 is 11.6 Å². The average Bonchev–Trinajstić information content (AvgIpc) is 3.05. The second kappa shape index (κ2) is 7.85. The van der Waals surface area contributed by atoms with Crippen LogP contribution in [-0.2, 0) is 11.3 Å². The summed E-state index contributed by atoms with van der Waals surface area (Å²) in [7, 11) is 0. The Hall–Kier alpha value is -1.91. The van der Waals surface area contributed by atoms with Gasteiger partial charge in [0, 0.05) is 38.3 Å². The quantitative estimate of drug-likeness (QED) is 0.631. The molecule has 0 spiro atoms. The Bertz CT molecular complexity index is 1030. The molecule has 4 heterocycles. The number of piperazine rings is 1. The van der Waals surface area contributed by atoms with E-state index in [9.17, 15) is 22.4 Å². The predicted molar refractivity (Wildman–Crippen MR) is 111 cm³/mol.